The largest absolute Gasteiger partial charge is 0.438 e. The van der Waals surface area contributed by atoms with E-state index >= 15 is 0 Å². The van der Waals surface area contributed by atoms with E-state index in [0.29, 0.717) is 43.4 Å². The fraction of sp³-hybridized carbons (Fsp3) is 0.321. The van der Waals surface area contributed by atoms with E-state index in [0.717, 1.165) is 17.2 Å². The Balaban J connectivity index is 1.55. The van der Waals surface area contributed by atoms with Gasteiger partial charge in [0.15, 0.2) is 0 Å². The molecule has 0 saturated carbocycles. The third kappa shape index (κ3) is 4.82. The van der Waals surface area contributed by atoms with Crippen molar-refractivity contribution in [2.45, 2.75) is 44.2 Å². The molecule has 1 amide bonds. The Morgan fingerprint density at radius 2 is 1.79 bits per heavy atom. The molecule has 1 heterocycles. The second kappa shape index (κ2) is 10.3. The van der Waals surface area contributed by atoms with Crippen molar-refractivity contribution in [1.29, 1.82) is 0 Å². The molecule has 1 aliphatic heterocycles. The number of ether oxygens (including phenoxy) is 1. The summed E-state index contributed by atoms with van der Waals surface area (Å²) < 4.78 is 33.5. The summed E-state index contributed by atoms with van der Waals surface area (Å²) in [4.78, 5) is 15.0. The van der Waals surface area contributed by atoms with Crippen molar-refractivity contribution in [3.63, 3.8) is 0 Å². The molecule has 6 heteroatoms. The predicted octanol–water partition coefficient (Wildman–Crippen LogP) is 6.59. The Kier molecular flexibility index (Phi) is 7.27. The summed E-state index contributed by atoms with van der Waals surface area (Å²) in [5.41, 5.74) is 2.09. The molecule has 178 valence electrons. The van der Waals surface area contributed by atoms with Gasteiger partial charge in [0.25, 0.3) is 0 Å². The molecule has 0 radical (unpaired) electrons. The highest BCUT2D eigenvalue weighted by atomic mass is 19.1. The Hall–Kier alpha value is -3.25. The molecule has 1 N–H and O–H groups in total. The number of nitrogens with zero attached hydrogens (tertiary/aromatic N) is 1. The van der Waals surface area contributed by atoms with E-state index in [1.165, 1.54) is 12.1 Å². The summed E-state index contributed by atoms with van der Waals surface area (Å²) in [5.74, 6) is -1.22. The molecular formula is C28H29F2NO3. The number of cyclic esters (lactones) is 1. The quantitative estimate of drug-likeness (QED) is 0.408. The first-order valence-electron chi connectivity index (χ1n) is 11.7. The number of amides is 1. The third-order valence-electron chi connectivity index (χ3n) is 6.61. The van der Waals surface area contributed by atoms with Crippen molar-refractivity contribution in [3.05, 3.63) is 95.6 Å². The smallest absolute Gasteiger partial charge is 0.411 e. The normalized spacial score (nSPS) is 19.1. The second-order valence-corrected chi connectivity index (χ2v) is 8.67. The summed E-state index contributed by atoms with van der Waals surface area (Å²) >= 11 is 0. The van der Waals surface area contributed by atoms with E-state index in [-0.39, 0.29) is 18.7 Å². The summed E-state index contributed by atoms with van der Waals surface area (Å²) in [5, 5.41) is 9.39. The fourth-order valence-corrected chi connectivity index (χ4v) is 4.83. The van der Waals surface area contributed by atoms with Crippen molar-refractivity contribution in [1.82, 2.24) is 4.90 Å². The highest BCUT2D eigenvalue weighted by molar-refractivity contribution is 5.70. The first-order chi connectivity index (χ1) is 16.5. The first kappa shape index (κ1) is 23.9. The van der Waals surface area contributed by atoms with Gasteiger partial charge in [-0.3, -0.25) is 0 Å². The number of hydrogen-bond donors (Lipinski definition) is 1. The zero-order valence-corrected chi connectivity index (χ0v) is 19.2. The van der Waals surface area contributed by atoms with Crippen LogP contribution < -0.4 is 0 Å². The van der Waals surface area contributed by atoms with E-state index in [9.17, 15) is 18.7 Å². The minimum absolute atomic E-state index is 0.0361. The van der Waals surface area contributed by atoms with Crippen LogP contribution in [0.25, 0.3) is 11.1 Å². The number of aliphatic hydroxyl groups excluding tert-OH is 1. The van der Waals surface area contributed by atoms with Gasteiger partial charge in [-0.15, -0.1) is 0 Å². The van der Waals surface area contributed by atoms with Gasteiger partial charge in [0.05, 0.1) is 6.04 Å². The fourth-order valence-electron chi connectivity index (χ4n) is 4.83. The summed E-state index contributed by atoms with van der Waals surface area (Å²) in [6.07, 6.45) is 2.03. The molecule has 4 rings (SSSR count). The lowest BCUT2D eigenvalue weighted by molar-refractivity contribution is -0.0697. The Labute approximate surface area is 198 Å². The average molecular weight is 466 g/mol. The van der Waals surface area contributed by atoms with Crippen LogP contribution in [0.5, 0.6) is 0 Å². The molecule has 0 aliphatic carbocycles. The monoisotopic (exact) mass is 465 g/mol. The third-order valence-corrected chi connectivity index (χ3v) is 6.61. The molecule has 4 nitrogen and oxygen atoms in total. The lowest BCUT2D eigenvalue weighted by atomic mass is 9.84. The van der Waals surface area contributed by atoms with Crippen LogP contribution in [-0.2, 0) is 10.3 Å². The molecule has 0 spiro atoms. The molecule has 34 heavy (non-hydrogen) atoms. The molecule has 1 saturated heterocycles. The topological polar surface area (TPSA) is 49.8 Å². The standard InChI is InChI=1S/C28H29F2NO3/c1-2-26(21-11-9-20(10-12-21)24-14-13-23(29)19-25(24)30)31-17-16-28(15-6-18-32,34-27(31)33)22-7-4-3-5-8-22/h3-5,7-14,19,26,32H,2,6,15-18H2,1H3. The number of benzene rings is 3. The van der Waals surface area contributed by atoms with Crippen molar-refractivity contribution in [3.8, 4) is 11.1 Å². The Morgan fingerprint density at radius 3 is 2.41 bits per heavy atom. The van der Waals surface area contributed by atoms with Crippen LogP contribution in [0.4, 0.5) is 13.6 Å². The van der Waals surface area contributed by atoms with E-state index < -0.39 is 17.2 Å². The van der Waals surface area contributed by atoms with Crippen LogP contribution in [0.2, 0.25) is 0 Å². The maximum absolute atomic E-state index is 14.2. The van der Waals surface area contributed by atoms with E-state index in [2.05, 4.69) is 0 Å². The molecule has 0 bridgehead atoms. The van der Waals surface area contributed by atoms with Gasteiger partial charge in [0, 0.05) is 31.2 Å². The highest BCUT2D eigenvalue weighted by Crippen LogP contribution is 2.41. The number of halogens is 2. The van der Waals surface area contributed by atoms with Gasteiger partial charge in [-0.1, -0.05) is 61.5 Å². The van der Waals surface area contributed by atoms with Crippen molar-refractivity contribution < 1.29 is 23.4 Å². The molecule has 0 aromatic heterocycles. The van der Waals surface area contributed by atoms with Gasteiger partial charge in [0.2, 0.25) is 0 Å². The minimum atomic E-state index is -0.750. The highest BCUT2D eigenvalue weighted by Gasteiger charge is 2.43. The second-order valence-electron chi connectivity index (χ2n) is 8.67. The van der Waals surface area contributed by atoms with E-state index in [1.807, 2.05) is 49.4 Å². The number of carbonyl (C=O) groups excluding carboxylic acids is 1. The van der Waals surface area contributed by atoms with Gasteiger partial charge in [0.1, 0.15) is 17.2 Å². The van der Waals surface area contributed by atoms with Crippen LogP contribution in [0.15, 0.2) is 72.8 Å². The molecule has 2 unspecified atom stereocenters. The van der Waals surface area contributed by atoms with E-state index in [4.69, 9.17) is 4.74 Å². The van der Waals surface area contributed by atoms with Crippen molar-refractivity contribution >= 4 is 6.09 Å². The molecule has 3 aromatic rings. The number of rotatable bonds is 8. The number of aliphatic hydroxyl groups is 1. The molecule has 2 atom stereocenters. The minimum Gasteiger partial charge on any atom is -0.438 e. The maximum atomic E-state index is 14.2. The number of hydrogen-bond acceptors (Lipinski definition) is 3. The van der Waals surface area contributed by atoms with Crippen LogP contribution in [0, 0.1) is 11.6 Å². The lowest BCUT2D eigenvalue weighted by Gasteiger charge is -2.44. The van der Waals surface area contributed by atoms with Crippen LogP contribution in [0.3, 0.4) is 0 Å². The summed E-state index contributed by atoms with van der Waals surface area (Å²) in [7, 11) is 0. The lowest BCUT2D eigenvalue weighted by Crippen LogP contribution is -2.49. The van der Waals surface area contributed by atoms with Gasteiger partial charge in [-0.05, 0) is 48.1 Å². The molecule has 3 aromatic carbocycles. The van der Waals surface area contributed by atoms with Gasteiger partial charge in [-0.2, -0.15) is 0 Å². The molecule has 1 aliphatic rings. The maximum Gasteiger partial charge on any atom is 0.411 e. The average Bonchev–Trinajstić information content (AvgIpc) is 2.85. The van der Waals surface area contributed by atoms with Crippen molar-refractivity contribution in [2.24, 2.45) is 0 Å². The Morgan fingerprint density at radius 1 is 1.06 bits per heavy atom. The zero-order chi connectivity index (χ0) is 24.1. The Bertz CT molecular complexity index is 1120. The first-order valence-corrected chi connectivity index (χ1v) is 11.7. The molecule has 1 fully saturated rings. The van der Waals surface area contributed by atoms with Gasteiger partial charge in [-0.25, -0.2) is 13.6 Å². The van der Waals surface area contributed by atoms with E-state index in [1.54, 1.807) is 17.0 Å². The van der Waals surface area contributed by atoms with Crippen molar-refractivity contribution in [2.75, 3.05) is 13.2 Å². The SMILES string of the molecule is CCC(c1ccc(-c2ccc(F)cc2F)cc1)N1CCC(CCCO)(c2ccccc2)OC1=O. The van der Waals surface area contributed by atoms with Gasteiger partial charge >= 0.3 is 6.09 Å². The zero-order valence-electron chi connectivity index (χ0n) is 19.2. The predicted molar refractivity (Wildman–Crippen MR) is 127 cm³/mol. The van der Waals surface area contributed by atoms with Gasteiger partial charge < -0.3 is 14.7 Å². The summed E-state index contributed by atoms with van der Waals surface area (Å²) in [6.45, 7) is 2.57. The number of carbonyl (C=O) groups is 1. The molecular weight excluding hydrogens is 436 g/mol. The summed E-state index contributed by atoms with van der Waals surface area (Å²) in [6, 6.07) is 20.4. The van der Waals surface area contributed by atoms with Crippen LogP contribution >= 0.6 is 0 Å². The van der Waals surface area contributed by atoms with Crippen LogP contribution in [0.1, 0.15) is 49.8 Å². The van der Waals surface area contributed by atoms with Crippen LogP contribution in [-0.4, -0.2) is 29.3 Å².